The number of amides is 1. The SMILES string of the molecule is CCN(CC)S(=O)(=O)c1ccc(NC(=S)NC(=O)c2cc(OC)c(OC)c(OC)c2)cc1. The van der Waals surface area contributed by atoms with Crippen molar-refractivity contribution in [3.05, 3.63) is 42.0 Å². The Labute approximate surface area is 193 Å². The largest absolute Gasteiger partial charge is 0.493 e. The highest BCUT2D eigenvalue weighted by Gasteiger charge is 2.21. The van der Waals surface area contributed by atoms with Crippen LogP contribution < -0.4 is 24.8 Å². The molecule has 2 N–H and O–H groups in total. The van der Waals surface area contributed by atoms with Gasteiger partial charge in [0.2, 0.25) is 15.8 Å². The molecule has 0 radical (unpaired) electrons. The van der Waals surface area contributed by atoms with Crippen molar-refractivity contribution in [3.63, 3.8) is 0 Å². The first-order valence-electron chi connectivity index (χ1n) is 9.74. The van der Waals surface area contributed by atoms with E-state index >= 15 is 0 Å². The summed E-state index contributed by atoms with van der Waals surface area (Å²) in [7, 11) is 0.826. The quantitative estimate of drug-likeness (QED) is 0.527. The first-order chi connectivity index (χ1) is 15.2. The molecule has 0 aromatic heterocycles. The lowest BCUT2D eigenvalue weighted by molar-refractivity contribution is 0.0977. The van der Waals surface area contributed by atoms with Gasteiger partial charge in [0.15, 0.2) is 16.6 Å². The minimum Gasteiger partial charge on any atom is -0.493 e. The highest BCUT2D eigenvalue weighted by Crippen LogP contribution is 2.38. The first-order valence-corrected chi connectivity index (χ1v) is 11.6. The van der Waals surface area contributed by atoms with Gasteiger partial charge in [0.05, 0.1) is 26.2 Å². The Bertz CT molecular complexity index is 1040. The zero-order valence-corrected chi connectivity index (χ0v) is 20.2. The monoisotopic (exact) mass is 481 g/mol. The lowest BCUT2D eigenvalue weighted by atomic mass is 10.1. The summed E-state index contributed by atoms with van der Waals surface area (Å²) in [6.07, 6.45) is 0. The second-order valence-electron chi connectivity index (χ2n) is 6.44. The minimum absolute atomic E-state index is 0.0445. The van der Waals surface area contributed by atoms with Crippen molar-refractivity contribution in [2.24, 2.45) is 0 Å². The van der Waals surface area contributed by atoms with E-state index in [0.717, 1.165) is 0 Å². The summed E-state index contributed by atoms with van der Waals surface area (Å²) in [5, 5.41) is 5.48. The second-order valence-corrected chi connectivity index (χ2v) is 8.78. The third-order valence-electron chi connectivity index (χ3n) is 4.61. The molecule has 0 aliphatic rings. The minimum atomic E-state index is -3.55. The molecule has 32 heavy (non-hydrogen) atoms. The molecule has 0 fully saturated rings. The topological polar surface area (TPSA) is 106 Å². The van der Waals surface area contributed by atoms with E-state index in [1.807, 2.05) is 0 Å². The van der Waals surface area contributed by atoms with Gasteiger partial charge < -0.3 is 19.5 Å². The van der Waals surface area contributed by atoms with Crippen LogP contribution in [0.25, 0.3) is 0 Å². The molecule has 2 aromatic carbocycles. The van der Waals surface area contributed by atoms with Crippen LogP contribution in [0.15, 0.2) is 41.3 Å². The van der Waals surface area contributed by atoms with E-state index in [-0.39, 0.29) is 15.6 Å². The number of sulfonamides is 1. The number of methoxy groups -OCH3 is 3. The Hall–Kier alpha value is -2.89. The molecule has 0 aliphatic heterocycles. The van der Waals surface area contributed by atoms with Gasteiger partial charge in [-0.15, -0.1) is 0 Å². The molecule has 11 heteroatoms. The molecule has 9 nitrogen and oxygen atoms in total. The number of hydrogen-bond acceptors (Lipinski definition) is 7. The number of carbonyl (C=O) groups excluding carboxylic acids is 1. The maximum Gasteiger partial charge on any atom is 0.257 e. The van der Waals surface area contributed by atoms with Crippen molar-refractivity contribution in [1.82, 2.24) is 9.62 Å². The van der Waals surface area contributed by atoms with Crippen LogP contribution in [0, 0.1) is 0 Å². The molecule has 0 aliphatic carbocycles. The maximum absolute atomic E-state index is 12.6. The standard InChI is InChI=1S/C21H27N3O6S2/c1-6-24(7-2)32(26,27)16-10-8-15(9-11-16)22-21(31)23-20(25)14-12-17(28-3)19(30-5)18(13-14)29-4/h8-13H,6-7H2,1-5H3,(H2,22,23,25,31). The number of carbonyl (C=O) groups is 1. The highest BCUT2D eigenvalue weighted by atomic mass is 32.2. The van der Waals surface area contributed by atoms with Gasteiger partial charge in [-0.2, -0.15) is 4.31 Å². The summed E-state index contributed by atoms with van der Waals surface area (Å²) in [5.74, 6) is 0.552. The summed E-state index contributed by atoms with van der Waals surface area (Å²) >= 11 is 5.21. The number of nitrogens with one attached hydrogen (secondary N) is 2. The summed E-state index contributed by atoms with van der Waals surface area (Å²) in [4.78, 5) is 12.8. The van der Waals surface area contributed by atoms with Crippen molar-refractivity contribution in [2.75, 3.05) is 39.7 Å². The van der Waals surface area contributed by atoms with Crippen LogP contribution in [0.3, 0.4) is 0 Å². The smallest absolute Gasteiger partial charge is 0.257 e. The van der Waals surface area contributed by atoms with Crippen molar-refractivity contribution in [3.8, 4) is 17.2 Å². The fourth-order valence-electron chi connectivity index (χ4n) is 2.97. The van der Waals surface area contributed by atoms with Gasteiger partial charge in [-0.1, -0.05) is 13.8 Å². The predicted octanol–water partition coefficient (Wildman–Crippen LogP) is 2.87. The summed E-state index contributed by atoms with van der Waals surface area (Å²) in [5.41, 5.74) is 0.781. The lowest BCUT2D eigenvalue weighted by Crippen LogP contribution is -2.34. The van der Waals surface area contributed by atoms with Crippen LogP contribution >= 0.6 is 12.2 Å². The Morgan fingerprint density at radius 3 is 1.94 bits per heavy atom. The normalized spacial score (nSPS) is 11.1. The summed E-state index contributed by atoms with van der Waals surface area (Å²) in [6, 6.07) is 9.14. The van der Waals surface area contributed by atoms with Gasteiger partial charge in [0.1, 0.15) is 0 Å². The molecular formula is C21H27N3O6S2. The Kier molecular flexibility index (Phi) is 8.81. The average Bonchev–Trinajstić information content (AvgIpc) is 2.78. The third-order valence-corrected chi connectivity index (χ3v) is 6.88. The number of nitrogens with zero attached hydrogens (tertiary/aromatic N) is 1. The zero-order chi connectivity index (χ0) is 23.9. The van der Waals surface area contributed by atoms with Gasteiger partial charge in [0, 0.05) is 24.3 Å². The third kappa shape index (κ3) is 5.67. The van der Waals surface area contributed by atoms with Gasteiger partial charge >= 0.3 is 0 Å². The van der Waals surface area contributed by atoms with Crippen molar-refractivity contribution in [2.45, 2.75) is 18.7 Å². The van der Waals surface area contributed by atoms with E-state index in [1.54, 1.807) is 26.0 Å². The molecular weight excluding hydrogens is 454 g/mol. The molecule has 0 bridgehead atoms. The molecule has 0 spiro atoms. The fraction of sp³-hybridized carbons (Fsp3) is 0.333. The van der Waals surface area contributed by atoms with E-state index in [9.17, 15) is 13.2 Å². The lowest BCUT2D eigenvalue weighted by Gasteiger charge is -2.18. The Morgan fingerprint density at radius 2 is 1.50 bits per heavy atom. The van der Waals surface area contributed by atoms with Crippen LogP contribution in [0.5, 0.6) is 17.2 Å². The first kappa shape index (κ1) is 25.4. The molecule has 1 amide bonds. The Balaban J connectivity index is 2.12. The summed E-state index contributed by atoms with van der Waals surface area (Å²) in [6.45, 7) is 4.34. The van der Waals surface area contributed by atoms with Crippen molar-refractivity contribution in [1.29, 1.82) is 0 Å². The van der Waals surface area contributed by atoms with Crippen molar-refractivity contribution >= 4 is 38.9 Å². The summed E-state index contributed by atoms with van der Waals surface area (Å²) < 4.78 is 42.3. The molecule has 2 aromatic rings. The number of rotatable bonds is 9. The molecule has 0 heterocycles. The van der Waals surface area contributed by atoms with Gasteiger partial charge in [0.25, 0.3) is 5.91 Å². The van der Waals surface area contributed by atoms with E-state index < -0.39 is 15.9 Å². The predicted molar refractivity (Wildman–Crippen MR) is 126 cm³/mol. The number of thiocarbonyl (C=S) groups is 1. The number of ether oxygens (including phenoxy) is 3. The highest BCUT2D eigenvalue weighted by molar-refractivity contribution is 7.89. The van der Waals surface area contributed by atoms with Crippen molar-refractivity contribution < 1.29 is 27.4 Å². The zero-order valence-electron chi connectivity index (χ0n) is 18.6. The average molecular weight is 482 g/mol. The maximum atomic E-state index is 12.6. The molecule has 2 rings (SSSR count). The molecule has 0 unspecified atom stereocenters. The fourth-order valence-corrected chi connectivity index (χ4v) is 4.64. The van der Waals surface area contributed by atoms with Gasteiger partial charge in [-0.3, -0.25) is 10.1 Å². The van der Waals surface area contributed by atoms with Gasteiger partial charge in [-0.25, -0.2) is 8.42 Å². The number of hydrogen-bond donors (Lipinski definition) is 2. The van der Waals surface area contributed by atoms with Gasteiger partial charge in [-0.05, 0) is 48.6 Å². The second kappa shape index (κ2) is 11.1. The molecule has 0 atom stereocenters. The van der Waals surface area contributed by atoms with Crippen LogP contribution in [0.1, 0.15) is 24.2 Å². The Morgan fingerprint density at radius 1 is 0.969 bits per heavy atom. The van der Waals surface area contributed by atoms with E-state index in [1.165, 1.54) is 49.9 Å². The number of benzene rings is 2. The van der Waals surface area contributed by atoms with E-state index in [4.69, 9.17) is 26.4 Å². The van der Waals surface area contributed by atoms with Crippen LogP contribution in [-0.2, 0) is 10.0 Å². The van der Waals surface area contributed by atoms with E-state index in [2.05, 4.69) is 10.6 Å². The number of anilines is 1. The van der Waals surface area contributed by atoms with Crippen LogP contribution in [0.4, 0.5) is 5.69 Å². The van der Waals surface area contributed by atoms with Crippen LogP contribution in [-0.4, -0.2) is 58.2 Å². The van der Waals surface area contributed by atoms with E-state index in [0.29, 0.717) is 36.0 Å². The van der Waals surface area contributed by atoms with Crippen LogP contribution in [0.2, 0.25) is 0 Å². The molecule has 0 saturated heterocycles. The molecule has 0 saturated carbocycles. The molecule has 174 valence electrons.